The van der Waals surface area contributed by atoms with Crippen molar-refractivity contribution >= 4 is 82.8 Å². The normalized spacial score (nSPS) is 11.2. The molecule has 0 spiro atoms. The van der Waals surface area contributed by atoms with Crippen molar-refractivity contribution in [2.45, 2.75) is 102 Å². The predicted molar refractivity (Wildman–Crippen MR) is 538 cm³/mol. The predicted octanol–water partition coefficient (Wildman–Crippen LogP) is 28.7. The number of ketones is 5. The Hall–Kier alpha value is -13.2. The summed E-state index contributed by atoms with van der Waals surface area (Å²) >= 11 is 0. The second-order valence-corrected chi connectivity index (χ2v) is 31.8. The minimum atomic E-state index is -0.722. The number of hydrogen-bond donors (Lipinski definition) is 5. The van der Waals surface area contributed by atoms with Gasteiger partial charge in [0.05, 0.1) is 28.8 Å². The molecule has 5 radical (unpaired) electrons. The van der Waals surface area contributed by atoms with Crippen molar-refractivity contribution in [1.82, 2.24) is 24.9 Å². The molecule has 0 aliphatic heterocycles. The topological polar surface area (TPSA) is 251 Å². The number of fused-ring (bicyclic) bond motifs is 8. The van der Waals surface area contributed by atoms with E-state index in [1.165, 1.54) is 184 Å². The smallest absolute Gasteiger partial charge is 0.155 e. The van der Waals surface area contributed by atoms with Gasteiger partial charge in [0.1, 0.15) is 0 Å². The summed E-state index contributed by atoms with van der Waals surface area (Å²) < 4.78 is 39.3. The van der Waals surface area contributed by atoms with Gasteiger partial charge in [0.25, 0.3) is 0 Å². The average Bonchev–Trinajstić information content (AvgIpc) is 1.58. The molecule has 0 fully saturated rings. The molecule has 23 heteroatoms. The number of pyridine rings is 5. The summed E-state index contributed by atoms with van der Waals surface area (Å²) in [4.78, 5) is 72.4. The SMILES string of the molecule is CC(=O)C=C(C)O.CC(=O)C=C(C)O.CC(=O)C=C(C)O.CC(=O)C=C(C)O.CC(=O)C=C(C)O.CC1(C)c2ccccc2-c2c[c-]c(-c3nccc4ccccc34)cc21.Cc1[c-]c(-c2nccc3ccccc23)cc(C)c1.Fc1[c-]c(-c2nccc3ccccc23)cc(F)c1.Fc1c[c-]c(-c2nccc3ccccc23)cc1.[Ir].[Ir].[Ir].[Ir].[Ir].[c-]1cc(-c2ccccc2)ccc1-c1nccc2ccccc12. The molecule has 17 aromatic rings. The molecule has 1 aliphatic rings. The van der Waals surface area contributed by atoms with Crippen LogP contribution in [0.5, 0.6) is 0 Å². The van der Waals surface area contributed by atoms with Crippen LogP contribution in [0.4, 0.5) is 13.2 Å². The fraction of sp³-hybridized carbons (Fsp3) is 0.128. The molecule has 140 heavy (non-hydrogen) atoms. The Bertz CT molecular complexity index is 6840. The van der Waals surface area contributed by atoms with E-state index in [0.29, 0.717) is 11.3 Å². The third-order valence-electron chi connectivity index (χ3n) is 19.9. The van der Waals surface area contributed by atoms with Gasteiger partial charge in [-0.25, -0.2) is 8.78 Å². The van der Waals surface area contributed by atoms with Crippen LogP contribution in [0.15, 0.2) is 369 Å². The van der Waals surface area contributed by atoms with E-state index in [1.807, 2.05) is 116 Å². The van der Waals surface area contributed by atoms with Crippen LogP contribution >= 0.6 is 0 Å². The van der Waals surface area contributed by atoms with E-state index < -0.39 is 11.6 Å². The number of halogens is 3. The molecule has 15 nitrogen and oxygen atoms in total. The first-order valence-corrected chi connectivity index (χ1v) is 42.9. The quantitative estimate of drug-likeness (QED) is 0.0459. The van der Waals surface area contributed by atoms with Gasteiger partial charge in [0.15, 0.2) is 28.9 Å². The maximum absolute atomic E-state index is 13.2. The third kappa shape index (κ3) is 36.8. The molecular weight excluding hydrogens is 2650 g/mol. The number of rotatable bonds is 11. The van der Waals surface area contributed by atoms with E-state index in [9.17, 15) is 37.1 Å². The number of aliphatic hydroxyl groups is 5. The second kappa shape index (κ2) is 59.3. The van der Waals surface area contributed by atoms with Crippen LogP contribution in [-0.4, -0.2) is 79.4 Å². The van der Waals surface area contributed by atoms with Gasteiger partial charge >= 0.3 is 0 Å². The molecule has 727 valence electrons. The first kappa shape index (κ1) is 119. The summed E-state index contributed by atoms with van der Waals surface area (Å²) in [6.45, 7) is 23.0. The number of aliphatic hydroxyl groups excluding tert-OH is 5. The fourth-order valence-electron chi connectivity index (χ4n) is 14.5. The summed E-state index contributed by atoms with van der Waals surface area (Å²) in [6.07, 6.45) is 14.8. The summed E-state index contributed by atoms with van der Waals surface area (Å²) in [5.41, 5.74) is 18.8. The Kier molecular flexibility index (Phi) is 50.4. The fourth-order valence-corrected chi connectivity index (χ4v) is 14.5. The zero-order valence-electron chi connectivity index (χ0n) is 79.1. The second-order valence-electron chi connectivity index (χ2n) is 31.8. The molecular formula is C117H103F3Ir5N5O10-5. The van der Waals surface area contributed by atoms with Crippen molar-refractivity contribution in [3.63, 3.8) is 0 Å². The van der Waals surface area contributed by atoms with Crippen molar-refractivity contribution in [2.75, 3.05) is 0 Å². The molecule has 0 saturated carbocycles. The van der Waals surface area contributed by atoms with Gasteiger partial charge < -0.3 is 50.5 Å². The molecule has 1 aliphatic carbocycles. The Morgan fingerprint density at radius 2 is 0.614 bits per heavy atom. The van der Waals surface area contributed by atoms with Gasteiger partial charge in [-0.2, -0.15) is 0 Å². The number of benzene rings is 12. The Morgan fingerprint density at radius 3 is 0.943 bits per heavy atom. The zero-order chi connectivity index (χ0) is 97.8. The van der Waals surface area contributed by atoms with Gasteiger partial charge in [0, 0.05) is 179 Å². The van der Waals surface area contributed by atoms with Crippen LogP contribution in [0.2, 0.25) is 0 Å². The standard InChI is InChI=1S/C24H18N.C21H14N.C17H14N.C15H8F2N.C15H9FN.5C5H8O2.5Ir/c1-24(2)21-10-6-5-9-19(21)20-12-11-17(15-22(20)24)23-18-8-4-3-7-16(18)13-14-25-23;1-2-6-16(7-3-1)17-10-12-19(13-11-17)21-20-9-5-4-8-18(20)14-15-22-21;1-12-9-13(2)11-15(10-12)17-16-6-4-3-5-14(16)7-8-18-17;16-12-7-11(8-13(17)9-12)15-14-4-2-1-3-10(14)5-6-18-15;16-13-7-5-12(6-8-13)15-14-4-2-1-3-11(14)9-10-17-15;5*1-4(6)3-5(2)7;;;;;/h3-10,12-15H,1-2H3;1-12,14-15H;3-10H,1-2H3;1-7,9H;1-5,7-10H;5*3,6H,1-2H3;;;;;/q5*-1;;;;;;;;;;. The number of nitrogens with zero attached hydrogens (tertiary/aromatic N) is 5. The van der Waals surface area contributed by atoms with Crippen molar-refractivity contribution < 1.29 is 163 Å². The summed E-state index contributed by atoms with van der Waals surface area (Å²) in [7, 11) is 0. The molecule has 0 unspecified atom stereocenters. The Labute approximate surface area is 883 Å². The van der Waals surface area contributed by atoms with Crippen molar-refractivity contribution in [3.8, 4) is 78.5 Å². The van der Waals surface area contributed by atoms with Crippen molar-refractivity contribution in [3.05, 3.63) is 439 Å². The van der Waals surface area contributed by atoms with Crippen LogP contribution in [0.3, 0.4) is 0 Å². The van der Waals surface area contributed by atoms with E-state index >= 15 is 0 Å². The van der Waals surface area contributed by atoms with Gasteiger partial charge in [-0.15, -0.1) is 142 Å². The zero-order valence-corrected chi connectivity index (χ0v) is 91.1. The number of aryl methyl sites for hydroxylation is 2. The average molecular weight is 2760 g/mol. The number of allylic oxidation sites excluding steroid dienone is 10. The van der Waals surface area contributed by atoms with Gasteiger partial charge in [-0.05, 0) is 193 Å². The molecule has 12 aromatic carbocycles. The number of carbonyl (C=O) groups is 5. The molecule has 18 rings (SSSR count). The molecule has 5 heterocycles. The molecule has 0 amide bonds. The number of aromatic nitrogens is 5. The summed E-state index contributed by atoms with van der Waals surface area (Å²) in [5, 5.41) is 53.0. The van der Waals surface area contributed by atoms with E-state index in [1.54, 1.807) is 18.5 Å². The minimum absolute atomic E-state index is 0. The maximum Gasteiger partial charge on any atom is 0.155 e. The third-order valence-corrected chi connectivity index (χ3v) is 19.9. The van der Waals surface area contributed by atoms with Crippen LogP contribution < -0.4 is 0 Å². The number of carbonyl (C=O) groups excluding carboxylic acids is 5. The van der Waals surface area contributed by atoms with Crippen molar-refractivity contribution in [2.24, 2.45) is 0 Å². The van der Waals surface area contributed by atoms with Gasteiger partial charge in [-0.1, -0.05) is 232 Å². The largest absolute Gasteiger partial charge is 0.512 e. The minimum Gasteiger partial charge on any atom is -0.512 e. The Balaban J connectivity index is 0.000000335. The van der Waals surface area contributed by atoms with E-state index in [4.69, 9.17) is 25.5 Å². The van der Waals surface area contributed by atoms with E-state index in [2.05, 4.69) is 235 Å². The maximum atomic E-state index is 13.2. The number of hydrogen-bond acceptors (Lipinski definition) is 15. The van der Waals surface area contributed by atoms with E-state index in [-0.39, 0.29) is 169 Å². The molecule has 0 atom stereocenters. The van der Waals surface area contributed by atoms with E-state index in [0.717, 1.165) is 83.6 Å². The van der Waals surface area contributed by atoms with Gasteiger partial charge in [-0.3, -0.25) is 28.4 Å². The summed E-state index contributed by atoms with van der Waals surface area (Å²) in [5.74, 6) is -1.95. The summed E-state index contributed by atoms with van der Waals surface area (Å²) in [6, 6.07) is 107. The first-order chi connectivity index (χ1) is 64.5. The van der Waals surface area contributed by atoms with Crippen LogP contribution in [0.1, 0.15) is 105 Å². The molecule has 5 N–H and O–H groups in total. The van der Waals surface area contributed by atoms with Gasteiger partial charge in [0.2, 0.25) is 0 Å². The van der Waals surface area contributed by atoms with Crippen LogP contribution in [0.25, 0.3) is 132 Å². The van der Waals surface area contributed by atoms with Crippen LogP contribution in [0, 0.1) is 61.6 Å². The molecule has 0 bridgehead atoms. The van der Waals surface area contributed by atoms with Crippen molar-refractivity contribution in [1.29, 1.82) is 0 Å². The van der Waals surface area contributed by atoms with Crippen LogP contribution in [-0.2, 0) is 130 Å². The molecule has 0 saturated heterocycles. The first-order valence-electron chi connectivity index (χ1n) is 42.9. The Morgan fingerprint density at radius 1 is 0.293 bits per heavy atom. The molecule has 5 aromatic heterocycles. The monoisotopic (exact) mass is 2760 g/mol.